The summed E-state index contributed by atoms with van der Waals surface area (Å²) in [6.45, 7) is 1.94. The second kappa shape index (κ2) is 7.84. The number of Topliss-reactive ketones (excluding diaryl/α,β-unsaturated/α-hetero) is 1. The number of benzene rings is 1. The zero-order valence-corrected chi connectivity index (χ0v) is 12.7. The Labute approximate surface area is 133 Å². The highest BCUT2D eigenvalue weighted by Crippen LogP contribution is 2.07. The average Bonchev–Trinajstić information content (AvgIpc) is 2.59. The average molecular weight is 311 g/mol. The standard InChI is InChI=1S/C17H17N3O3/c1-12-4-6-13(7-5-12)15(21)8-9-16(22)19-20-17(23)14-3-2-10-18-11-14/h2-7,10-11H,8-9H2,1H3,(H,19,22)(H,20,23). The van der Waals surface area contributed by atoms with Crippen molar-refractivity contribution in [3.8, 4) is 0 Å². The number of nitrogens with one attached hydrogen (secondary N) is 2. The molecule has 0 spiro atoms. The summed E-state index contributed by atoms with van der Waals surface area (Å²) >= 11 is 0. The molecule has 0 aliphatic rings. The molecule has 0 atom stereocenters. The van der Waals surface area contributed by atoms with E-state index in [4.69, 9.17) is 0 Å². The molecule has 0 bridgehead atoms. The van der Waals surface area contributed by atoms with Crippen molar-refractivity contribution >= 4 is 17.6 Å². The van der Waals surface area contributed by atoms with Crippen LogP contribution >= 0.6 is 0 Å². The maximum Gasteiger partial charge on any atom is 0.271 e. The topological polar surface area (TPSA) is 88.2 Å². The summed E-state index contributed by atoms with van der Waals surface area (Å²) in [4.78, 5) is 39.1. The Kier molecular flexibility index (Phi) is 5.57. The van der Waals surface area contributed by atoms with E-state index in [0.29, 0.717) is 11.1 Å². The van der Waals surface area contributed by atoms with E-state index < -0.39 is 11.8 Å². The zero-order chi connectivity index (χ0) is 16.7. The summed E-state index contributed by atoms with van der Waals surface area (Å²) in [6.07, 6.45) is 3.02. The van der Waals surface area contributed by atoms with Gasteiger partial charge in [0, 0.05) is 30.8 Å². The number of hydrogen-bond donors (Lipinski definition) is 2. The molecule has 2 rings (SSSR count). The van der Waals surface area contributed by atoms with Gasteiger partial charge in [-0.05, 0) is 19.1 Å². The Morgan fingerprint density at radius 2 is 1.70 bits per heavy atom. The first-order chi connectivity index (χ1) is 11.1. The van der Waals surface area contributed by atoms with Crippen LogP contribution in [0.5, 0.6) is 0 Å². The third-order valence-electron chi connectivity index (χ3n) is 3.19. The molecule has 118 valence electrons. The van der Waals surface area contributed by atoms with Crippen LogP contribution in [0.15, 0.2) is 48.8 Å². The fraction of sp³-hybridized carbons (Fsp3) is 0.176. The van der Waals surface area contributed by atoms with Crippen molar-refractivity contribution in [2.45, 2.75) is 19.8 Å². The number of hydrogen-bond acceptors (Lipinski definition) is 4. The van der Waals surface area contributed by atoms with Gasteiger partial charge in [-0.2, -0.15) is 0 Å². The molecule has 2 amide bonds. The van der Waals surface area contributed by atoms with Gasteiger partial charge < -0.3 is 0 Å². The van der Waals surface area contributed by atoms with Crippen molar-refractivity contribution in [3.63, 3.8) is 0 Å². The second-order valence-electron chi connectivity index (χ2n) is 5.03. The highest BCUT2D eigenvalue weighted by Gasteiger charge is 2.10. The molecule has 0 aliphatic carbocycles. The first-order valence-electron chi connectivity index (χ1n) is 7.15. The first-order valence-corrected chi connectivity index (χ1v) is 7.15. The molecule has 2 aromatic rings. The van der Waals surface area contributed by atoms with Crippen LogP contribution in [0.2, 0.25) is 0 Å². The zero-order valence-electron chi connectivity index (χ0n) is 12.7. The summed E-state index contributed by atoms with van der Waals surface area (Å²) in [7, 11) is 0. The van der Waals surface area contributed by atoms with Crippen LogP contribution < -0.4 is 10.9 Å². The minimum absolute atomic E-state index is 0.0000292. The normalized spacial score (nSPS) is 9.96. The molecule has 0 saturated carbocycles. The first kappa shape index (κ1) is 16.4. The van der Waals surface area contributed by atoms with Crippen molar-refractivity contribution in [2.24, 2.45) is 0 Å². The van der Waals surface area contributed by atoms with Crippen LogP contribution in [0.25, 0.3) is 0 Å². The van der Waals surface area contributed by atoms with Crippen LogP contribution in [0, 0.1) is 6.92 Å². The van der Waals surface area contributed by atoms with Gasteiger partial charge in [0.1, 0.15) is 0 Å². The second-order valence-corrected chi connectivity index (χ2v) is 5.03. The third kappa shape index (κ3) is 5.03. The highest BCUT2D eigenvalue weighted by atomic mass is 16.2. The van der Waals surface area contributed by atoms with Gasteiger partial charge in [-0.3, -0.25) is 30.2 Å². The Bertz CT molecular complexity index is 697. The molecule has 23 heavy (non-hydrogen) atoms. The van der Waals surface area contributed by atoms with E-state index in [0.717, 1.165) is 5.56 Å². The number of nitrogens with zero attached hydrogens (tertiary/aromatic N) is 1. The molecule has 0 radical (unpaired) electrons. The molecule has 6 heteroatoms. The van der Waals surface area contributed by atoms with E-state index >= 15 is 0 Å². The van der Waals surface area contributed by atoms with Crippen molar-refractivity contribution < 1.29 is 14.4 Å². The van der Waals surface area contributed by atoms with Crippen molar-refractivity contribution in [1.29, 1.82) is 0 Å². The summed E-state index contributed by atoms with van der Waals surface area (Å²) in [6, 6.07) is 10.4. The van der Waals surface area contributed by atoms with Gasteiger partial charge in [-0.25, -0.2) is 0 Å². The smallest absolute Gasteiger partial charge is 0.271 e. The number of carbonyl (C=O) groups is 3. The summed E-state index contributed by atoms with van der Waals surface area (Å²) < 4.78 is 0. The van der Waals surface area contributed by atoms with Crippen molar-refractivity contribution in [1.82, 2.24) is 15.8 Å². The number of rotatable bonds is 5. The Morgan fingerprint density at radius 3 is 2.35 bits per heavy atom. The number of ketones is 1. The largest absolute Gasteiger partial charge is 0.294 e. The molecule has 1 aromatic carbocycles. The van der Waals surface area contributed by atoms with Gasteiger partial charge in [0.25, 0.3) is 5.91 Å². The number of amides is 2. The van der Waals surface area contributed by atoms with Crippen LogP contribution in [-0.2, 0) is 4.79 Å². The monoisotopic (exact) mass is 311 g/mol. The maximum atomic E-state index is 11.9. The van der Waals surface area contributed by atoms with Gasteiger partial charge in [0.15, 0.2) is 5.78 Å². The van der Waals surface area contributed by atoms with Crippen LogP contribution in [0.3, 0.4) is 0 Å². The molecule has 0 unspecified atom stereocenters. The van der Waals surface area contributed by atoms with Gasteiger partial charge >= 0.3 is 0 Å². The molecule has 0 aliphatic heterocycles. The lowest BCUT2D eigenvalue weighted by molar-refractivity contribution is -0.121. The van der Waals surface area contributed by atoms with E-state index in [1.54, 1.807) is 30.5 Å². The SMILES string of the molecule is Cc1ccc(C(=O)CCC(=O)NNC(=O)c2cccnc2)cc1. The molecule has 6 nitrogen and oxygen atoms in total. The van der Waals surface area contributed by atoms with Gasteiger partial charge in [-0.1, -0.05) is 29.8 Å². The number of hydrazine groups is 1. The minimum Gasteiger partial charge on any atom is -0.294 e. The molecule has 0 fully saturated rings. The lowest BCUT2D eigenvalue weighted by atomic mass is 10.1. The molecule has 1 aromatic heterocycles. The fourth-order valence-electron chi connectivity index (χ4n) is 1.87. The number of carbonyl (C=O) groups excluding carboxylic acids is 3. The van der Waals surface area contributed by atoms with E-state index in [1.165, 1.54) is 6.20 Å². The van der Waals surface area contributed by atoms with E-state index in [1.807, 2.05) is 19.1 Å². The molecular weight excluding hydrogens is 294 g/mol. The molecular formula is C17H17N3O3. The summed E-state index contributed by atoms with van der Waals surface area (Å²) in [5, 5.41) is 0. The van der Waals surface area contributed by atoms with Crippen LogP contribution in [0.4, 0.5) is 0 Å². The fourth-order valence-corrected chi connectivity index (χ4v) is 1.87. The number of aromatic nitrogens is 1. The van der Waals surface area contributed by atoms with E-state index in [2.05, 4.69) is 15.8 Å². The third-order valence-corrected chi connectivity index (χ3v) is 3.19. The number of pyridine rings is 1. The summed E-state index contributed by atoms with van der Waals surface area (Å²) in [5.74, 6) is -1.00. The highest BCUT2D eigenvalue weighted by molar-refractivity contribution is 5.98. The van der Waals surface area contributed by atoms with E-state index in [-0.39, 0.29) is 18.6 Å². The number of aryl methyl sites for hydroxylation is 1. The lowest BCUT2D eigenvalue weighted by Crippen LogP contribution is -2.41. The Balaban J connectivity index is 1.76. The quantitative estimate of drug-likeness (QED) is 0.651. The van der Waals surface area contributed by atoms with Crippen molar-refractivity contribution in [2.75, 3.05) is 0 Å². The summed E-state index contributed by atoms with van der Waals surface area (Å²) in [5.41, 5.74) is 6.53. The Morgan fingerprint density at radius 1 is 0.957 bits per heavy atom. The molecule has 1 heterocycles. The Hall–Kier alpha value is -3.02. The maximum absolute atomic E-state index is 11.9. The van der Waals surface area contributed by atoms with Gasteiger partial charge in [0.2, 0.25) is 5.91 Å². The van der Waals surface area contributed by atoms with Gasteiger partial charge in [0.05, 0.1) is 5.56 Å². The van der Waals surface area contributed by atoms with Crippen molar-refractivity contribution in [3.05, 3.63) is 65.5 Å². The van der Waals surface area contributed by atoms with Crippen LogP contribution in [-0.4, -0.2) is 22.6 Å². The van der Waals surface area contributed by atoms with E-state index in [9.17, 15) is 14.4 Å². The molecule has 2 N–H and O–H groups in total. The van der Waals surface area contributed by atoms with Crippen LogP contribution in [0.1, 0.15) is 39.1 Å². The lowest BCUT2D eigenvalue weighted by Gasteiger charge is -2.07. The molecule has 0 saturated heterocycles. The minimum atomic E-state index is -0.462. The van der Waals surface area contributed by atoms with Gasteiger partial charge in [-0.15, -0.1) is 0 Å². The predicted octanol–water partition coefficient (Wildman–Crippen LogP) is 1.81. The predicted molar refractivity (Wildman–Crippen MR) is 84.6 cm³/mol.